The van der Waals surface area contributed by atoms with Crippen LogP contribution in [-0.4, -0.2) is 17.5 Å². The molecule has 1 spiro atoms. The van der Waals surface area contributed by atoms with Crippen LogP contribution < -0.4 is 5.32 Å². The summed E-state index contributed by atoms with van der Waals surface area (Å²) in [6.07, 6.45) is 4.34. The van der Waals surface area contributed by atoms with Crippen molar-refractivity contribution in [1.82, 2.24) is 0 Å². The van der Waals surface area contributed by atoms with Crippen LogP contribution in [0.1, 0.15) is 39.0 Å². The van der Waals surface area contributed by atoms with E-state index in [1.165, 1.54) is 0 Å². The zero-order valence-electron chi connectivity index (χ0n) is 12.7. The molecule has 1 fully saturated rings. The van der Waals surface area contributed by atoms with Crippen molar-refractivity contribution in [2.75, 3.05) is 5.32 Å². The second-order valence-electron chi connectivity index (χ2n) is 6.02. The Morgan fingerprint density at radius 1 is 1.22 bits per heavy atom. The van der Waals surface area contributed by atoms with Crippen molar-refractivity contribution < 1.29 is 14.3 Å². The molecule has 122 valence electrons. The van der Waals surface area contributed by atoms with E-state index in [1.807, 2.05) is 0 Å². The lowest BCUT2D eigenvalue weighted by Gasteiger charge is -2.34. The predicted molar refractivity (Wildman–Crippen MR) is 89.7 cm³/mol. The molecule has 4 nitrogen and oxygen atoms in total. The van der Waals surface area contributed by atoms with Crippen LogP contribution in [0.15, 0.2) is 29.3 Å². The maximum absolute atomic E-state index is 12.8. The fraction of sp³-hybridized carbons (Fsp3) is 0.412. The number of benzene rings is 1. The number of ether oxygens (including phenoxy) is 1. The zero-order chi connectivity index (χ0) is 16.6. The summed E-state index contributed by atoms with van der Waals surface area (Å²) in [4.78, 5) is 24.8. The van der Waals surface area contributed by atoms with Gasteiger partial charge in [0.1, 0.15) is 5.60 Å². The molecule has 1 amide bonds. The number of hydrogen-bond acceptors (Lipinski definition) is 3. The number of rotatable bonds is 2. The summed E-state index contributed by atoms with van der Waals surface area (Å²) in [5, 5.41) is 3.64. The first kappa shape index (κ1) is 16.3. The van der Waals surface area contributed by atoms with E-state index in [0.29, 0.717) is 39.7 Å². The number of halogens is 2. The summed E-state index contributed by atoms with van der Waals surface area (Å²) in [7, 11) is 0. The van der Waals surface area contributed by atoms with Crippen LogP contribution in [0, 0.1) is 0 Å². The Labute approximate surface area is 144 Å². The van der Waals surface area contributed by atoms with E-state index in [2.05, 4.69) is 5.32 Å². The van der Waals surface area contributed by atoms with Gasteiger partial charge in [-0.1, -0.05) is 29.6 Å². The molecule has 0 radical (unpaired) electrons. The number of amides is 1. The van der Waals surface area contributed by atoms with Gasteiger partial charge < -0.3 is 10.1 Å². The van der Waals surface area contributed by atoms with E-state index in [0.717, 1.165) is 19.3 Å². The van der Waals surface area contributed by atoms with Gasteiger partial charge in [0, 0.05) is 10.6 Å². The third-order valence-corrected chi connectivity index (χ3v) is 5.05. The fourth-order valence-corrected chi connectivity index (χ4v) is 3.72. The Hall–Kier alpha value is -1.52. The minimum absolute atomic E-state index is 0.348. The molecule has 0 atom stereocenters. The predicted octanol–water partition coefficient (Wildman–Crippen LogP) is 4.51. The number of nitrogens with one attached hydrogen (secondary N) is 1. The van der Waals surface area contributed by atoms with E-state index < -0.39 is 11.6 Å². The summed E-state index contributed by atoms with van der Waals surface area (Å²) in [6.45, 7) is 1.64. The lowest BCUT2D eigenvalue weighted by Crippen LogP contribution is -2.39. The maximum atomic E-state index is 12.8. The van der Waals surface area contributed by atoms with Crippen LogP contribution in [-0.2, 0) is 14.3 Å². The van der Waals surface area contributed by atoms with Gasteiger partial charge in [0.05, 0.1) is 16.3 Å². The van der Waals surface area contributed by atoms with Crippen LogP contribution >= 0.6 is 23.2 Å². The highest BCUT2D eigenvalue weighted by Crippen LogP contribution is 2.44. The maximum Gasteiger partial charge on any atom is 0.335 e. The van der Waals surface area contributed by atoms with Gasteiger partial charge in [-0.2, -0.15) is 0 Å². The standard InChI is InChI=1S/C17H17Cl2NO3/c1-10-14(17(23-16(10)22)7-3-2-4-8-17)15(21)20-13-9-11(18)5-6-12(13)19/h5-6,9H,2-4,7-8H2,1H3,(H,20,21). The largest absolute Gasteiger partial charge is 0.451 e. The van der Waals surface area contributed by atoms with E-state index >= 15 is 0 Å². The molecule has 1 N–H and O–H groups in total. The van der Waals surface area contributed by atoms with Crippen molar-refractivity contribution in [3.63, 3.8) is 0 Å². The molecule has 1 aromatic rings. The highest BCUT2D eigenvalue weighted by molar-refractivity contribution is 6.36. The smallest absolute Gasteiger partial charge is 0.335 e. The van der Waals surface area contributed by atoms with Gasteiger partial charge in [0.25, 0.3) is 5.91 Å². The van der Waals surface area contributed by atoms with Crippen LogP contribution in [0.4, 0.5) is 5.69 Å². The van der Waals surface area contributed by atoms with Crippen molar-refractivity contribution in [3.05, 3.63) is 39.4 Å². The SMILES string of the molecule is CC1=C(C(=O)Nc2cc(Cl)ccc2Cl)C2(CCCCC2)OC1=O. The molecule has 1 heterocycles. The molecule has 0 bridgehead atoms. The van der Waals surface area contributed by atoms with Crippen molar-refractivity contribution in [2.24, 2.45) is 0 Å². The quantitative estimate of drug-likeness (QED) is 0.795. The third kappa shape index (κ3) is 2.98. The highest BCUT2D eigenvalue weighted by Gasteiger charge is 2.49. The molecule has 3 rings (SSSR count). The van der Waals surface area contributed by atoms with E-state index in [4.69, 9.17) is 27.9 Å². The summed E-state index contributed by atoms with van der Waals surface area (Å²) < 4.78 is 5.59. The molecule has 1 saturated carbocycles. The molecule has 1 aromatic carbocycles. The number of carbonyl (C=O) groups is 2. The Bertz CT molecular complexity index is 706. The molecule has 23 heavy (non-hydrogen) atoms. The Balaban J connectivity index is 1.93. The van der Waals surface area contributed by atoms with Crippen LogP contribution in [0.25, 0.3) is 0 Å². The van der Waals surface area contributed by atoms with Crippen molar-refractivity contribution >= 4 is 40.8 Å². The first-order chi connectivity index (χ1) is 10.9. The molecule has 6 heteroatoms. The van der Waals surface area contributed by atoms with Crippen LogP contribution in [0.2, 0.25) is 10.0 Å². The molecule has 0 saturated heterocycles. The monoisotopic (exact) mass is 353 g/mol. The number of hydrogen-bond donors (Lipinski definition) is 1. The van der Waals surface area contributed by atoms with Crippen molar-refractivity contribution in [2.45, 2.75) is 44.6 Å². The number of carbonyl (C=O) groups excluding carboxylic acids is 2. The second-order valence-corrected chi connectivity index (χ2v) is 6.87. The van der Waals surface area contributed by atoms with Gasteiger partial charge in [-0.15, -0.1) is 0 Å². The molecular weight excluding hydrogens is 337 g/mol. The molecule has 1 aliphatic carbocycles. The minimum Gasteiger partial charge on any atom is -0.451 e. The van der Waals surface area contributed by atoms with Gasteiger partial charge in [0.15, 0.2) is 0 Å². The lowest BCUT2D eigenvalue weighted by molar-refractivity contribution is -0.149. The fourth-order valence-electron chi connectivity index (χ4n) is 3.38. The molecule has 0 aromatic heterocycles. The van der Waals surface area contributed by atoms with Gasteiger partial charge >= 0.3 is 5.97 Å². The summed E-state index contributed by atoms with van der Waals surface area (Å²) >= 11 is 12.1. The van der Waals surface area contributed by atoms with Crippen LogP contribution in [0.5, 0.6) is 0 Å². The molecular formula is C17H17Cl2NO3. The first-order valence-corrected chi connectivity index (χ1v) is 8.40. The van der Waals surface area contributed by atoms with Crippen molar-refractivity contribution in [3.8, 4) is 0 Å². The Morgan fingerprint density at radius 2 is 1.91 bits per heavy atom. The molecule has 2 aliphatic rings. The minimum atomic E-state index is -0.783. The van der Waals surface area contributed by atoms with Gasteiger partial charge in [-0.3, -0.25) is 4.79 Å². The van der Waals surface area contributed by atoms with Gasteiger partial charge in [0.2, 0.25) is 0 Å². The summed E-state index contributed by atoms with van der Waals surface area (Å²) in [6, 6.07) is 4.85. The van der Waals surface area contributed by atoms with Gasteiger partial charge in [-0.25, -0.2) is 4.79 Å². The third-order valence-electron chi connectivity index (χ3n) is 4.49. The highest BCUT2D eigenvalue weighted by atomic mass is 35.5. The summed E-state index contributed by atoms with van der Waals surface area (Å²) in [5.41, 5.74) is 0.449. The van der Waals surface area contributed by atoms with Crippen LogP contribution in [0.3, 0.4) is 0 Å². The topological polar surface area (TPSA) is 55.4 Å². The molecule has 0 unspecified atom stereocenters. The first-order valence-electron chi connectivity index (χ1n) is 7.64. The van der Waals surface area contributed by atoms with E-state index in [-0.39, 0.29) is 5.91 Å². The molecule has 1 aliphatic heterocycles. The Morgan fingerprint density at radius 3 is 2.61 bits per heavy atom. The number of anilines is 1. The lowest BCUT2D eigenvalue weighted by atomic mass is 9.78. The van der Waals surface area contributed by atoms with E-state index in [9.17, 15) is 9.59 Å². The average Bonchev–Trinajstić information content (AvgIpc) is 2.74. The summed E-state index contributed by atoms with van der Waals surface area (Å²) in [5.74, 6) is -0.756. The van der Waals surface area contributed by atoms with Crippen molar-refractivity contribution in [1.29, 1.82) is 0 Å². The van der Waals surface area contributed by atoms with E-state index in [1.54, 1.807) is 25.1 Å². The second kappa shape index (κ2) is 6.17. The number of esters is 1. The zero-order valence-corrected chi connectivity index (χ0v) is 14.3. The van der Waals surface area contributed by atoms with Gasteiger partial charge in [-0.05, 0) is 50.8 Å². The Kier molecular flexibility index (Phi) is 4.39. The average molecular weight is 354 g/mol. The normalized spacial score (nSPS) is 19.9.